The molecule has 0 spiro atoms. The van der Waals surface area contributed by atoms with Gasteiger partial charge in [0.2, 0.25) is 0 Å². The lowest BCUT2D eigenvalue weighted by molar-refractivity contribution is -0.150. The highest BCUT2D eigenvalue weighted by Gasteiger charge is 2.21. The highest BCUT2D eigenvalue weighted by molar-refractivity contribution is 6.12. The summed E-state index contributed by atoms with van der Waals surface area (Å²) in [6.07, 6.45) is 1.17. The molecule has 3 aromatic rings. The van der Waals surface area contributed by atoms with Gasteiger partial charge in [0.05, 0.1) is 12.2 Å². The maximum atomic E-state index is 12.3. The maximum Gasteiger partial charge on any atom is 0.344 e. The lowest BCUT2D eigenvalue weighted by Crippen LogP contribution is -2.19. The number of esters is 2. The van der Waals surface area contributed by atoms with E-state index in [-0.39, 0.29) is 25.4 Å². The molecule has 6 heteroatoms. The van der Waals surface area contributed by atoms with Crippen molar-refractivity contribution in [1.82, 2.24) is 0 Å². The summed E-state index contributed by atoms with van der Waals surface area (Å²) in [5, 5.41) is 3.33. The van der Waals surface area contributed by atoms with Crippen LogP contribution < -0.4 is 9.47 Å². The number of hydrogen-bond donors (Lipinski definition) is 0. The molecule has 0 atom stereocenters. The van der Waals surface area contributed by atoms with Gasteiger partial charge in [-0.25, -0.2) is 9.59 Å². The largest absolute Gasteiger partial charge is 0.481 e. The Morgan fingerprint density at radius 1 is 0.735 bits per heavy atom. The van der Waals surface area contributed by atoms with E-state index < -0.39 is 11.9 Å². The molecule has 3 rings (SSSR count). The second-order valence-corrected chi connectivity index (χ2v) is 8.74. The van der Waals surface area contributed by atoms with Gasteiger partial charge in [-0.2, -0.15) is 0 Å². The van der Waals surface area contributed by atoms with E-state index in [2.05, 4.69) is 19.9 Å². The van der Waals surface area contributed by atoms with E-state index in [9.17, 15) is 9.59 Å². The smallest absolute Gasteiger partial charge is 0.344 e. The van der Waals surface area contributed by atoms with Crippen LogP contribution in [0.2, 0.25) is 0 Å². The van der Waals surface area contributed by atoms with Crippen molar-refractivity contribution < 1.29 is 28.5 Å². The van der Waals surface area contributed by atoms with Gasteiger partial charge in [0.15, 0.2) is 13.2 Å². The molecule has 0 unspecified atom stereocenters. The number of carbonyl (C=O) groups is 2. The molecule has 0 amide bonds. The monoisotopic (exact) mass is 466 g/mol. The normalized spacial score (nSPS) is 11.3. The van der Waals surface area contributed by atoms with Crippen molar-refractivity contribution in [3.05, 3.63) is 47.5 Å². The maximum absolute atomic E-state index is 12.3. The molecule has 0 aromatic heterocycles. The molecule has 182 valence electrons. The highest BCUT2D eigenvalue weighted by Crippen LogP contribution is 2.44. The standard InChI is InChI=1S/C28H34O6/c1-7-19-12-13-21-23(14-19)27(31-15-24(29)33-17(3)4)22-11-9-10-20(8-2)26(22)28(21)32-16-25(30)34-18(5)6/h9-14,17-18H,7-8,15-16H2,1-6H3. The van der Waals surface area contributed by atoms with Crippen molar-refractivity contribution in [3.8, 4) is 11.5 Å². The predicted molar refractivity (Wildman–Crippen MR) is 134 cm³/mol. The first kappa shape index (κ1) is 25.3. The fraction of sp³-hybridized carbons (Fsp3) is 0.429. The van der Waals surface area contributed by atoms with Gasteiger partial charge in [-0.1, -0.05) is 44.2 Å². The minimum atomic E-state index is -0.425. The molecular weight excluding hydrogens is 432 g/mol. The van der Waals surface area contributed by atoms with Gasteiger partial charge in [0, 0.05) is 21.5 Å². The lowest BCUT2D eigenvalue weighted by atomic mass is 9.94. The second-order valence-electron chi connectivity index (χ2n) is 8.74. The van der Waals surface area contributed by atoms with E-state index in [0.717, 1.165) is 45.5 Å². The lowest BCUT2D eigenvalue weighted by Gasteiger charge is -2.20. The summed E-state index contributed by atoms with van der Waals surface area (Å²) in [5.41, 5.74) is 2.18. The molecule has 3 aromatic carbocycles. The van der Waals surface area contributed by atoms with E-state index in [1.165, 1.54) is 0 Å². The first-order valence-electron chi connectivity index (χ1n) is 11.9. The third-order valence-electron chi connectivity index (χ3n) is 5.39. The summed E-state index contributed by atoms with van der Waals surface area (Å²) < 4.78 is 22.8. The number of fused-ring (bicyclic) bond motifs is 2. The average molecular weight is 467 g/mol. The number of aryl methyl sites for hydroxylation is 2. The third kappa shape index (κ3) is 5.79. The summed E-state index contributed by atoms with van der Waals surface area (Å²) in [6.45, 7) is 11.0. The van der Waals surface area contributed by atoms with Crippen LogP contribution in [0, 0.1) is 0 Å². The zero-order chi connectivity index (χ0) is 24.8. The number of hydrogen-bond acceptors (Lipinski definition) is 6. The van der Waals surface area contributed by atoms with Gasteiger partial charge in [0.1, 0.15) is 11.5 Å². The van der Waals surface area contributed by atoms with Crippen LogP contribution in [0.1, 0.15) is 52.7 Å². The minimum Gasteiger partial charge on any atom is -0.481 e. The number of benzene rings is 3. The number of ether oxygens (including phenoxy) is 4. The van der Waals surface area contributed by atoms with E-state index in [0.29, 0.717) is 11.5 Å². The van der Waals surface area contributed by atoms with Crippen LogP contribution in [0.4, 0.5) is 0 Å². The summed E-state index contributed by atoms with van der Waals surface area (Å²) in [7, 11) is 0. The Labute approximate surface area is 201 Å². The summed E-state index contributed by atoms with van der Waals surface area (Å²) in [4.78, 5) is 24.5. The van der Waals surface area contributed by atoms with Crippen molar-refractivity contribution >= 4 is 33.5 Å². The summed E-state index contributed by atoms with van der Waals surface area (Å²) >= 11 is 0. The van der Waals surface area contributed by atoms with Crippen LogP contribution in [0.3, 0.4) is 0 Å². The van der Waals surface area contributed by atoms with Gasteiger partial charge in [-0.05, 0) is 57.7 Å². The SMILES string of the molecule is CCc1ccc2c(OCC(=O)OC(C)C)c3c(CC)cccc3c(OCC(=O)OC(C)C)c2c1. The van der Waals surface area contributed by atoms with Crippen LogP contribution in [0.5, 0.6) is 11.5 Å². The molecular formula is C28H34O6. The fourth-order valence-electron chi connectivity index (χ4n) is 3.99. The Morgan fingerprint density at radius 2 is 1.35 bits per heavy atom. The van der Waals surface area contributed by atoms with Gasteiger partial charge in [-0.3, -0.25) is 0 Å². The van der Waals surface area contributed by atoms with Gasteiger partial charge in [-0.15, -0.1) is 0 Å². The second kappa shape index (κ2) is 11.2. The van der Waals surface area contributed by atoms with Crippen molar-refractivity contribution in [2.75, 3.05) is 13.2 Å². The van der Waals surface area contributed by atoms with Gasteiger partial charge < -0.3 is 18.9 Å². The van der Waals surface area contributed by atoms with Crippen LogP contribution in [0.15, 0.2) is 36.4 Å². The van der Waals surface area contributed by atoms with E-state index in [4.69, 9.17) is 18.9 Å². The van der Waals surface area contributed by atoms with Crippen LogP contribution in [0.25, 0.3) is 21.5 Å². The molecule has 0 bridgehead atoms. The van der Waals surface area contributed by atoms with Crippen LogP contribution in [-0.2, 0) is 31.9 Å². The third-order valence-corrected chi connectivity index (χ3v) is 5.39. The Kier molecular flexibility index (Phi) is 8.37. The van der Waals surface area contributed by atoms with Crippen molar-refractivity contribution in [1.29, 1.82) is 0 Å². The molecule has 0 aliphatic carbocycles. The molecule has 0 aliphatic rings. The predicted octanol–water partition coefficient (Wildman–Crippen LogP) is 5.78. The first-order chi connectivity index (χ1) is 16.2. The molecule has 6 nitrogen and oxygen atoms in total. The number of carbonyl (C=O) groups excluding carboxylic acids is 2. The molecule has 0 N–H and O–H groups in total. The Hall–Kier alpha value is -3.28. The quantitative estimate of drug-likeness (QED) is 0.279. The molecule has 0 saturated carbocycles. The fourth-order valence-corrected chi connectivity index (χ4v) is 3.99. The van der Waals surface area contributed by atoms with Crippen molar-refractivity contribution in [3.63, 3.8) is 0 Å². The molecule has 0 aliphatic heterocycles. The van der Waals surface area contributed by atoms with Gasteiger partial charge >= 0.3 is 11.9 Å². The van der Waals surface area contributed by atoms with E-state index in [1.54, 1.807) is 27.7 Å². The topological polar surface area (TPSA) is 71.1 Å². The van der Waals surface area contributed by atoms with Gasteiger partial charge in [0.25, 0.3) is 0 Å². The average Bonchev–Trinajstić information content (AvgIpc) is 2.79. The number of rotatable bonds is 10. The first-order valence-corrected chi connectivity index (χ1v) is 11.9. The molecule has 0 fully saturated rings. The summed E-state index contributed by atoms with van der Waals surface area (Å²) in [6, 6.07) is 12.0. The van der Waals surface area contributed by atoms with E-state index in [1.807, 2.05) is 30.3 Å². The highest BCUT2D eigenvalue weighted by atomic mass is 16.6. The zero-order valence-electron chi connectivity index (χ0n) is 20.9. The zero-order valence-corrected chi connectivity index (χ0v) is 20.9. The minimum absolute atomic E-state index is 0.198. The molecule has 0 saturated heterocycles. The summed E-state index contributed by atoms with van der Waals surface area (Å²) in [5.74, 6) is 0.370. The molecule has 0 heterocycles. The Balaban J connectivity index is 2.19. The van der Waals surface area contributed by atoms with Crippen LogP contribution in [-0.4, -0.2) is 37.4 Å². The molecule has 34 heavy (non-hydrogen) atoms. The Morgan fingerprint density at radius 3 is 1.91 bits per heavy atom. The Bertz CT molecular complexity index is 1170. The molecule has 0 radical (unpaired) electrons. The van der Waals surface area contributed by atoms with Crippen molar-refractivity contribution in [2.24, 2.45) is 0 Å². The van der Waals surface area contributed by atoms with E-state index >= 15 is 0 Å². The van der Waals surface area contributed by atoms with Crippen LogP contribution >= 0.6 is 0 Å². The van der Waals surface area contributed by atoms with Crippen molar-refractivity contribution in [2.45, 2.75) is 66.6 Å².